The van der Waals surface area contributed by atoms with E-state index in [9.17, 15) is 8.42 Å². The molecule has 4 rings (SSSR count). The highest BCUT2D eigenvalue weighted by Gasteiger charge is 2.21. The van der Waals surface area contributed by atoms with Gasteiger partial charge in [0, 0.05) is 34.8 Å². The first-order valence-electron chi connectivity index (χ1n) is 10.2. The smallest absolute Gasteiger partial charge is 0.256 e. The summed E-state index contributed by atoms with van der Waals surface area (Å²) in [4.78, 5) is 0. The van der Waals surface area contributed by atoms with E-state index in [0.29, 0.717) is 5.92 Å². The maximum atomic E-state index is 12.5. The molecule has 6 heteroatoms. The molecule has 4 aromatic rings. The molecule has 2 aromatic carbocycles. The highest BCUT2D eigenvalue weighted by atomic mass is 32.2. The van der Waals surface area contributed by atoms with Crippen LogP contribution in [-0.2, 0) is 16.6 Å². The number of rotatable bonds is 6. The lowest BCUT2D eigenvalue weighted by molar-refractivity contribution is 0.535. The molecule has 0 aliphatic rings. The first-order chi connectivity index (χ1) is 14.3. The van der Waals surface area contributed by atoms with Crippen molar-refractivity contribution in [2.75, 3.05) is 0 Å². The minimum absolute atomic E-state index is 0.484. The van der Waals surface area contributed by atoms with Crippen LogP contribution in [0.25, 0.3) is 33.2 Å². The SMILES string of the molecule is CC(C)Cn1cc(-c2cnn(S(=O)(=O)C(C)C)c2)c2ccc(-c3ccccc3)cc21. The van der Waals surface area contributed by atoms with Crippen molar-refractivity contribution >= 4 is 20.9 Å². The van der Waals surface area contributed by atoms with Gasteiger partial charge in [-0.2, -0.15) is 9.19 Å². The van der Waals surface area contributed by atoms with Crippen LogP contribution in [0.5, 0.6) is 0 Å². The normalized spacial score (nSPS) is 12.3. The van der Waals surface area contributed by atoms with Crippen LogP contribution < -0.4 is 0 Å². The zero-order chi connectivity index (χ0) is 21.5. The maximum Gasteiger partial charge on any atom is 0.256 e. The molecule has 0 atom stereocenters. The predicted molar refractivity (Wildman–Crippen MR) is 123 cm³/mol. The lowest BCUT2D eigenvalue weighted by Crippen LogP contribution is -2.22. The Labute approximate surface area is 178 Å². The van der Waals surface area contributed by atoms with Gasteiger partial charge < -0.3 is 4.57 Å². The van der Waals surface area contributed by atoms with Crippen LogP contribution in [0.15, 0.2) is 67.1 Å². The average molecular weight is 422 g/mol. The minimum atomic E-state index is -3.47. The van der Waals surface area contributed by atoms with Gasteiger partial charge >= 0.3 is 0 Å². The van der Waals surface area contributed by atoms with E-state index in [2.05, 4.69) is 60.0 Å². The van der Waals surface area contributed by atoms with Crippen LogP contribution in [0.1, 0.15) is 27.7 Å². The van der Waals surface area contributed by atoms with Gasteiger partial charge in [0.15, 0.2) is 0 Å². The Morgan fingerprint density at radius 1 is 0.900 bits per heavy atom. The van der Waals surface area contributed by atoms with Gasteiger partial charge in [-0.3, -0.25) is 0 Å². The molecule has 0 radical (unpaired) electrons. The lowest BCUT2D eigenvalue weighted by Gasteiger charge is -2.09. The van der Waals surface area contributed by atoms with Gasteiger partial charge in [-0.05, 0) is 37.0 Å². The summed E-state index contributed by atoms with van der Waals surface area (Å²) >= 11 is 0. The quantitative estimate of drug-likeness (QED) is 0.418. The van der Waals surface area contributed by atoms with Gasteiger partial charge in [0.2, 0.25) is 0 Å². The van der Waals surface area contributed by atoms with Crippen molar-refractivity contribution in [3.8, 4) is 22.3 Å². The second-order valence-corrected chi connectivity index (χ2v) is 10.7. The predicted octanol–water partition coefficient (Wildman–Crippen LogP) is 5.41. The van der Waals surface area contributed by atoms with Gasteiger partial charge in [0.05, 0.1) is 17.6 Å². The van der Waals surface area contributed by atoms with Crippen molar-refractivity contribution in [1.82, 2.24) is 13.8 Å². The van der Waals surface area contributed by atoms with Crippen molar-refractivity contribution < 1.29 is 8.42 Å². The molecular formula is C24H27N3O2S. The van der Waals surface area contributed by atoms with Crippen LogP contribution in [0.4, 0.5) is 0 Å². The first-order valence-corrected chi connectivity index (χ1v) is 11.8. The van der Waals surface area contributed by atoms with Crippen molar-refractivity contribution in [2.24, 2.45) is 5.92 Å². The van der Waals surface area contributed by atoms with E-state index in [-0.39, 0.29) is 0 Å². The molecule has 0 aliphatic carbocycles. The Balaban J connectivity index is 1.86. The fraction of sp³-hybridized carbons (Fsp3) is 0.292. The van der Waals surface area contributed by atoms with E-state index < -0.39 is 15.3 Å². The molecule has 2 heterocycles. The van der Waals surface area contributed by atoms with E-state index in [0.717, 1.165) is 38.2 Å². The number of nitrogens with zero attached hydrogens (tertiary/aromatic N) is 3. The average Bonchev–Trinajstić information content (AvgIpc) is 3.33. The fourth-order valence-corrected chi connectivity index (χ4v) is 4.55. The third-order valence-corrected chi connectivity index (χ3v) is 7.19. The van der Waals surface area contributed by atoms with E-state index in [4.69, 9.17) is 0 Å². The third-order valence-electron chi connectivity index (χ3n) is 5.28. The Hall–Kier alpha value is -2.86. The van der Waals surface area contributed by atoms with Crippen molar-refractivity contribution in [1.29, 1.82) is 0 Å². The Bertz CT molecular complexity index is 1280. The molecule has 0 bridgehead atoms. The Morgan fingerprint density at radius 3 is 2.30 bits per heavy atom. The number of hydrogen-bond donors (Lipinski definition) is 0. The summed E-state index contributed by atoms with van der Waals surface area (Å²) in [6.45, 7) is 8.60. The molecule has 156 valence electrons. The van der Waals surface area contributed by atoms with Crippen LogP contribution in [0.3, 0.4) is 0 Å². The molecule has 5 nitrogen and oxygen atoms in total. The highest BCUT2D eigenvalue weighted by Crippen LogP contribution is 2.34. The van der Waals surface area contributed by atoms with Crippen molar-refractivity contribution in [2.45, 2.75) is 39.5 Å². The number of hydrogen-bond acceptors (Lipinski definition) is 3. The van der Waals surface area contributed by atoms with Gasteiger partial charge in [-0.25, -0.2) is 8.42 Å². The molecule has 30 heavy (non-hydrogen) atoms. The molecule has 0 unspecified atom stereocenters. The standard InChI is InChI=1S/C24H27N3O2S/c1-17(2)14-26-16-23(21-13-25-27(15-21)30(28,29)18(3)4)22-11-10-20(12-24(22)26)19-8-6-5-7-9-19/h5-13,15-18H,14H2,1-4H3. The summed E-state index contributed by atoms with van der Waals surface area (Å²) in [6.07, 6.45) is 5.37. The first kappa shape index (κ1) is 20.4. The summed E-state index contributed by atoms with van der Waals surface area (Å²) in [7, 11) is -3.47. The van der Waals surface area contributed by atoms with Gasteiger partial charge in [-0.15, -0.1) is 0 Å². The molecule has 0 fully saturated rings. The zero-order valence-corrected chi connectivity index (χ0v) is 18.6. The van der Waals surface area contributed by atoms with Crippen molar-refractivity contribution in [3.05, 3.63) is 67.1 Å². The van der Waals surface area contributed by atoms with Crippen LogP contribution in [0.2, 0.25) is 0 Å². The summed E-state index contributed by atoms with van der Waals surface area (Å²) in [5.41, 5.74) is 5.28. The fourth-order valence-electron chi connectivity index (χ4n) is 3.68. The Kier molecular flexibility index (Phi) is 5.28. The largest absolute Gasteiger partial charge is 0.347 e. The number of aromatic nitrogens is 3. The zero-order valence-electron chi connectivity index (χ0n) is 17.8. The van der Waals surface area contributed by atoms with E-state index in [1.54, 1.807) is 26.2 Å². The molecular weight excluding hydrogens is 394 g/mol. The Morgan fingerprint density at radius 2 is 1.63 bits per heavy atom. The molecule has 0 saturated carbocycles. The number of benzene rings is 2. The number of fused-ring (bicyclic) bond motifs is 1. The van der Waals surface area contributed by atoms with E-state index in [1.165, 1.54) is 5.56 Å². The van der Waals surface area contributed by atoms with E-state index >= 15 is 0 Å². The minimum Gasteiger partial charge on any atom is -0.347 e. The van der Waals surface area contributed by atoms with Crippen LogP contribution in [0, 0.1) is 5.92 Å². The van der Waals surface area contributed by atoms with Crippen molar-refractivity contribution in [3.63, 3.8) is 0 Å². The van der Waals surface area contributed by atoms with E-state index in [1.807, 2.05) is 18.2 Å². The second-order valence-electron chi connectivity index (χ2n) is 8.38. The van der Waals surface area contributed by atoms with Gasteiger partial charge in [0.1, 0.15) is 0 Å². The molecule has 0 amide bonds. The molecule has 0 saturated heterocycles. The summed E-state index contributed by atoms with van der Waals surface area (Å²) < 4.78 is 28.3. The third kappa shape index (κ3) is 3.67. The van der Waals surface area contributed by atoms with Gasteiger partial charge in [-0.1, -0.05) is 56.3 Å². The molecule has 0 spiro atoms. The second kappa shape index (κ2) is 7.76. The summed E-state index contributed by atoms with van der Waals surface area (Å²) in [5, 5.41) is 4.71. The van der Waals surface area contributed by atoms with Crippen LogP contribution in [-0.4, -0.2) is 27.4 Å². The molecule has 0 N–H and O–H groups in total. The van der Waals surface area contributed by atoms with Crippen LogP contribution >= 0.6 is 0 Å². The molecule has 2 aromatic heterocycles. The summed E-state index contributed by atoms with van der Waals surface area (Å²) in [5.74, 6) is 0.484. The van der Waals surface area contributed by atoms with Gasteiger partial charge in [0.25, 0.3) is 10.0 Å². The highest BCUT2D eigenvalue weighted by molar-refractivity contribution is 7.90. The topological polar surface area (TPSA) is 56.9 Å². The maximum absolute atomic E-state index is 12.5. The summed E-state index contributed by atoms with van der Waals surface area (Å²) in [6, 6.07) is 16.8. The molecule has 0 aliphatic heterocycles. The lowest BCUT2D eigenvalue weighted by atomic mass is 10.0. The monoisotopic (exact) mass is 421 g/mol.